The van der Waals surface area contributed by atoms with Crippen LogP contribution in [0.2, 0.25) is 0 Å². The monoisotopic (exact) mass is 1330 g/mol. The fraction of sp³-hybridized carbons (Fsp3) is 0.0103. The predicted molar refractivity (Wildman–Crippen MR) is 439 cm³/mol. The van der Waals surface area contributed by atoms with E-state index in [0.29, 0.717) is 0 Å². The van der Waals surface area contributed by atoms with Gasteiger partial charge in [0.1, 0.15) is 0 Å². The molecule has 0 amide bonds. The molecular weight excluding hydrogens is 1270 g/mol. The summed E-state index contributed by atoms with van der Waals surface area (Å²) in [5, 5.41) is 5.03. The second-order valence-electron chi connectivity index (χ2n) is 29.0. The highest BCUT2D eigenvalue weighted by Crippen LogP contribution is 2.65. The normalized spacial score (nSPS) is 13.7. The average molecular weight is 1330 g/mol. The quantitative estimate of drug-likeness (QED) is 0.141. The first kappa shape index (κ1) is 57.1. The molecule has 0 fully saturated rings. The van der Waals surface area contributed by atoms with Crippen LogP contribution < -0.4 is 52.4 Å². The van der Waals surface area contributed by atoms with Crippen molar-refractivity contribution in [2.45, 2.75) is 5.41 Å². The molecule has 2 aliphatic carbocycles. The van der Waals surface area contributed by atoms with E-state index in [1.807, 2.05) is 0 Å². The highest BCUT2D eigenvalue weighted by atomic mass is 15.2. The minimum atomic E-state index is -0.764. The third-order valence-electron chi connectivity index (χ3n) is 23.9. The van der Waals surface area contributed by atoms with Crippen LogP contribution in [0.3, 0.4) is 0 Å². The van der Waals surface area contributed by atoms with Crippen LogP contribution in [-0.2, 0) is 5.41 Å². The number of fused-ring (bicyclic) bond motifs is 24. The van der Waals surface area contributed by atoms with Crippen LogP contribution in [0.5, 0.6) is 0 Å². The summed E-state index contributed by atoms with van der Waals surface area (Å²) < 4.78 is 5.20. The number of hydrogen-bond donors (Lipinski definition) is 0. The highest BCUT2D eigenvalue weighted by Gasteiger charge is 2.55. The van der Waals surface area contributed by atoms with Gasteiger partial charge < -0.3 is 28.7 Å². The molecule has 105 heavy (non-hydrogen) atoms. The lowest BCUT2D eigenvalue weighted by atomic mass is 9.33. The van der Waals surface area contributed by atoms with Gasteiger partial charge in [0.05, 0.1) is 27.8 Å². The summed E-state index contributed by atoms with van der Waals surface area (Å²) in [4.78, 5) is 10.2. The van der Waals surface area contributed by atoms with Gasteiger partial charge >= 0.3 is 0 Å². The molecule has 0 radical (unpaired) electrons. The first-order valence-corrected chi connectivity index (χ1v) is 36.6. The molecule has 6 aliphatic rings. The summed E-state index contributed by atoms with van der Waals surface area (Å²) in [5.41, 5.74) is 38.0. The van der Waals surface area contributed by atoms with E-state index in [1.54, 1.807) is 0 Å². The standard InChI is InChI=1S/C97H60B2N6/c1-7-29-61(30-8-1)100(62-31-9-2-10-32-62)67-53-89-93-91(55-67)104-85-51-25-21-43-71(85)73-45-27-49-81(95(73)104)98(93)83-57-75-69-41-19-23-47-77(69)97(79(75)59-87(83)102(89)65-37-15-5-16-38-65)78-48-24-20-42-70(78)76-58-84-88(60-80(76)97)103(66-39-17-6-18-40-66)90-54-68(101(63-33-11-3-12-34-63)64-35-13-4-14-36-64)56-92-94(90)99(84)82-50-28-46-74-72-44-22-26-52-86(72)105(92)96(74)82/h1-60H. The number of anilines is 12. The van der Waals surface area contributed by atoms with E-state index in [2.05, 4.69) is 393 Å². The Morgan fingerprint density at radius 2 is 0.562 bits per heavy atom. The number of benzene rings is 16. The van der Waals surface area contributed by atoms with Gasteiger partial charge in [-0.2, -0.15) is 0 Å². The van der Waals surface area contributed by atoms with Crippen LogP contribution in [0.1, 0.15) is 22.3 Å². The Balaban J connectivity index is 0.808. The first-order chi connectivity index (χ1) is 52.2. The summed E-state index contributed by atoms with van der Waals surface area (Å²) in [6, 6.07) is 138. The summed E-state index contributed by atoms with van der Waals surface area (Å²) in [6.07, 6.45) is 0. The second kappa shape index (κ2) is 21.3. The van der Waals surface area contributed by atoms with E-state index in [0.717, 1.165) is 56.9 Å². The molecule has 0 unspecified atom stereocenters. The molecule has 0 bridgehead atoms. The molecule has 484 valence electrons. The fourth-order valence-corrected chi connectivity index (χ4v) is 20.1. The fourth-order valence-electron chi connectivity index (χ4n) is 20.1. The zero-order chi connectivity index (χ0) is 68.3. The molecule has 0 N–H and O–H groups in total. The third-order valence-corrected chi connectivity index (χ3v) is 23.9. The van der Waals surface area contributed by atoms with Gasteiger partial charge in [-0.15, -0.1) is 0 Å². The molecule has 0 atom stereocenters. The molecule has 4 aliphatic heterocycles. The average Bonchev–Trinajstić information content (AvgIpc) is 1.53. The summed E-state index contributed by atoms with van der Waals surface area (Å²) in [7, 11) is 0. The molecule has 0 saturated carbocycles. The van der Waals surface area contributed by atoms with Crippen LogP contribution in [0.15, 0.2) is 364 Å². The van der Waals surface area contributed by atoms with Crippen molar-refractivity contribution in [1.82, 2.24) is 9.13 Å². The molecule has 18 aromatic rings. The smallest absolute Gasteiger partial charge is 0.252 e. The topological polar surface area (TPSA) is 22.8 Å². The van der Waals surface area contributed by atoms with Crippen LogP contribution in [-0.4, -0.2) is 22.6 Å². The van der Waals surface area contributed by atoms with E-state index < -0.39 is 5.41 Å². The number of hydrogen-bond acceptors (Lipinski definition) is 4. The van der Waals surface area contributed by atoms with Gasteiger partial charge in [0.15, 0.2) is 0 Å². The Labute approximate surface area is 608 Å². The molecule has 1 spiro atoms. The molecule has 6 heterocycles. The van der Waals surface area contributed by atoms with E-state index in [4.69, 9.17) is 0 Å². The SMILES string of the molecule is c1ccc(N(c2ccccc2)c2cc3c4c(c2)-n2c5ccccc5c5cccc(c52)B4c2cc4c(cc2N3c2ccccc2)C2(c3ccccc3-4)c3ccccc3-c3cc4c(cc32)N(c2ccccc2)c2cc(N(c3ccccc3)c3ccccc3)cc3c2B4c2cccc4c5ccccc5n-3c24)cc1. The second-order valence-corrected chi connectivity index (χ2v) is 29.0. The molecular formula is C97H60B2N6. The Bertz CT molecular complexity index is 6270. The lowest BCUT2D eigenvalue weighted by molar-refractivity contribution is 0.794. The largest absolute Gasteiger partial charge is 0.311 e. The maximum absolute atomic E-state index is 2.67. The Kier molecular flexibility index (Phi) is 11.6. The van der Waals surface area contributed by atoms with Crippen molar-refractivity contribution in [3.8, 4) is 33.6 Å². The van der Waals surface area contributed by atoms with Gasteiger partial charge in [-0.3, -0.25) is 0 Å². The zero-order valence-electron chi connectivity index (χ0n) is 57.0. The summed E-state index contributed by atoms with van der Waals surface area (Å²) in [5.74, 6) is 0. The van der Waals surface area contributed by atoms with Crippen molar-refractivity contribution in [3.05, 3.63) is 386 Å². The van der Waals surface area contributed by atoms with Crippen LogP contribution in [0.4, 0.5) is 68.2 Å². The summed E-state index contributed by atoms with van der Waals surface area (Å²) >= 11 is 0. The van der Waals surface area contributed by atoms with E-state index >= 15 is 0 Å². The predicted octanol–water partition coefficient (Wildman–Crippen LogP) is 20.4. The number of rotatable bonds is 8. The molecule has 16 aromatic carbocycles. The molecule has 8 heteroatoms. The van der Waals surface area contributed by atoms with Crippen LogP contribution >= 0.6 is 0 Å². The molecule has 6 nitrogen and oxygen atoms in total. The van der Waals surface area contributed by atoms with Crippen molar-refractivity contribution in [3.63, 3.8) is 0 Å². The van der Waals surface area contributed by atoms with Crippen LogP contribution in [0.25, 0.3) is 77.2 Å². The number of aromatic nitrogens is 2. The first-order valence-electron chi connectivity index (χ1n) is 36.6. The molecule has 2 aromatic heterocycles. The minimum absolute atomic E-state index is 0.127. The number of para-hydroxylation sites is 10. The Morgan fingerprint density at radius 1 is 0.229 bits per heavy atom. The maximum Gasteiger partial charge on any atom is 0.252 e. The molecule has 0 saturated heterocycles. The van der Waals surface area contributed by atoms with Gasteiger partial charge in [0.25, 0.3) is 13.4 Å². The highest BCUT2D eigenvalue weighted by molar-refractivity contribution is 7.01. The molecule has 24 rings (SSSR count). The minimum Gasteiger partial charge on any atom is -0.311 e. The summed E-state index contributed by atoms with van der Waals surface area (Å²) in [6.45, 7) is -0.253. The van der Waals surface area contributed by atoms with Crippen molar-refractivity contribution >= 4 is 158 Å². The van der Waals surface area contributed by atoms with Gasteiger partial charge in [-0.05, 0) is 199 Å². The van der Waals surface area contributed by atoms with Crippen LogP contribution in [0, 0.1) is 0 Å². The van der Waals surface area contributed by atoms with E-state index in [-0.39, 0.29) is 13.4 Å². The van der Waals surface area contributed by atoms with Gasteiger partial charge in [0, 0.05) is 101 Å². The van der Waals surface area contributed by atoms with Crippen molar-refractivity contribution < 1.29 is 0 Å². The van der Waals surface area contributed by atoms with E-state index in [1.165, 1.54) is 144 Å². The Hall–Kier alpha value is -13.6. The third kappa shape index (κ3) is 7.54. The van der Waals surface area contributed by atoms with Gasteiger partial charge in [0.2, 0.25) is 0 Å². The lowest BCUT2D eigenvalue weighted by Gasteiger charge is -2.43. The van der Waals surface area contributed by atoms with E-state index in [9.17, 15) is 0 Å². The van der Waals surface area contributed by atoms with Crippen molar-refractivity contribution in [2.75, 3.05) is 19.6 Å². The van der Waals surface area contributed by atoms with Crippen molar-refractivity contribution in [2.24, 2.45) is 0 Å². The van der Waals surface area contributed by atoms with Gasteiger partial charge in [-0.25, -0.2) is 0 Å². The Morgan fingerprint density at radius 3 is 0.962 bits per heavy atom. The van der Waals surface area contributed by atoms with Crippen molar-refractivity contribution in [1.29, 1.82) is 0 Å². The maximum atomic E-state index is 2.67. The lowest BCUT2D eigenvalue weighted by Crippen LogP contribution is -2.60. The number of nitrogens with zero attached hydrogens (tertiary/aromatic N) is 6. The zero-order valence-corrected chi connectivity index (χ0v) is 57.0. The van der Waals surface area contributed by atoms with Gasteiger partial charge in [-0.1, -0.05) is 243 Å².